The van der Waals surface area contributed by atoms with E-state index in [4.69, 9.17) is 5.73 Å². The van der Waals surface area contributed by atoms with Crippen molar-refractivity contribution >= 4 is 30.6 Å². The molecule has 1 aliphatic rings. The van der Waals surface area contributed by atoms with E-state index in [1.165, 1.54) is 25.7 Å². The quantitative estimate of drug-likeness (QED) is 0.817. The predicted molar refractivity (Wildman–Crippen MR) is 63.4 cm³/mol. The van der Waals surface area contributed by atoms with Crippen LogP contribution in [0.25, 0.3) is 0 Å². The highest BCUT2D eigenvalue weighted by Gasteiger charge is 2.17. The molecule has 1 aromatic rings. The fraction of sp³-hybridized carbons (Fsp3) is 0.667. The first-order valence-corrected chi connectivity index (χ1v) is 4.58. The summed E-state index contributed by atoms with van der Waals surface area (Å²) in [5.74, 6) is 0.682. The summed E-state index contributed by atoms with van der Waals surface area (Å²) in [7, 11) is 0. The molecule has 3 nitrogen and oxygen atoms in total. The van der Waals surface area contributed by atoms with Crippen molar-refractivity contribution in [3.8, 4) is 0 Å². The lowest BCUT2D eigenvalue weighted by Crippen LogP contribution is -2.05. The largest absolute Gasteiger partial charge is 0.382 e. The van der Waals surface area contributed by atoms with Crippen LogP contribution in [0.2, 0.25) is 0 Å². The summed E-state index contributed by atoms with van der Waals surface area (Å²) in [5, 5.41) is 4.29. The van der Waals surface area contributed by atoms with Gasteiger partial charge in [-0.15, -0.1) is 24.8 Å². The van der Waals surface area contributed by atoms with E-state index in [9.17, 15) is 0 Å². The zero-order valence-electron chi connectivity index (χ0n) is 8.27. The molecule has 0 atom stereocenters. The van der Waals surface area contributed by atoms with E-state index in [2.05, 4.69) is 11.3 Å². The van der Waals surface area contributed by atoms with E-state index in [1.54, 1.807) is 0 Å². The Balaban J connectivity index is 0.000000845. The lowest BCUT2D eigenvalue weighted by molar-refractivity contribution is 0.468. The molecule has 2 N–H and O–H groups in total. The third-order valence-electron chi connectivity index (χ3n) is 2.65. The molecule has 1 fully saturated rings. The first kappa shape index (κ1) is 13.6. The fourth-order valence-corrected chi connectivity index (χ4v) is 1.85. The number of anilines is 1. The van der Waals surface area contributed by atoms with Gasteiger partial charge in [0.05, 0.1) is 6.04 Å². The van der Waals surface area contributed by atoms with E-state index < -0.39 is 0 Å². The summed E-state index contributed by atoms with van der Waals surface area (Å²) < 4.78 is 2.04. The SMILES string of the molecule is Cc1cn(C2CCCC2)nc1N.Cl.Cl. The topological polar surface area (TPSA) is 43.8 Å². The third-order valence-corrected chi connectivity index (χ3v) is 2.65. The van der Waals surface area contributed by atoms with Crippen molar-refractivity contribution in [3.05, 3.63) is 11.8 Å². The molecule has 0 spiro atoms. The van der Waals surface area contributed by atoms with Gasteiger partial charge < -0.3 is 5.73 Å². The van der Waals surface area contributed by atoms with Crippen LogP contribution in [0.1, 0.15) is 37.3 Å². The number of hydrogen-bond acceptors (Lipinski definition) is 2. The zero-order valence-corrected chi connectivity index (χ0v) is 9.90. The van der Waals surface area contributed by atoms with E-state index in [0.29, 0.717) is 11.9 Å². The first-order chi connectivity index (χ1) is 5.77. The number of aryl methyl sites for hydroxylation is 1. The Morgan fingerprint density at radius 3 is 2.36 bits per heavy atom. The molecule has 0 unspecified atom stereocenters. The van der Waals surface area contributed by atoms with Gasteiger partial charge in [0.25, 0.3) is 0 Å². The standard InChI is InChI=1S/C9H15N3.2ClH/c1-7-6-12(11-9(7)10)8-4-2-3-5-8;;/h6,8H,2-5H2,1H3,(H2,10,11);2*1H. The zero-order chi connectivity index (χ0) is 8.55. The van der Waals surface area contributed by atoms with E-state index >= 15 is 0 Å². The Kier molecular flexibility index (Phi) is 5.31. The number of nitrogen functional groups attached to an aromatic ring is 1. The summed E-state index contributed by atoms with van der Waals surface area (Å²) in [6, 6.07) is 0.612. The Labute approximate surface area is 96.9 Å². The first-order valence-electron chi connectivity index (χ1n) is 4.58. The second-order valence-corrected chi connectivity index (χ2v) is 3.62. The van der Waals surface area contributed by atoms with Gasteiger partial charge in [-0.2, -0.15) is 5.10 Å². The molecule has 5 heteroatoms. The van der Waals surface area contributed by atoms with Crippen molar-refractivity contribution in [1.29, 1.82) is 0 Å². The summed E-state index contributed by atoms with van der Waals surface area (Å²) in [6.45, 7) is 2.01. The third kappa shape index (κ3) is 2.55. The molecule has 0 amide bonds. The molecule has 0 aromatic carbocycles. The smallest absolute Gasteiger partial charge is 0.148 e. The Bertz CT molecular complexity index is 260. The highest BCUT2D eigenvalue weighted by Crippen LogP contribution is 2.29. The molecular formula is C9H17Cl2N3. The lowest BCUT2D eigenvalue weighted by Gasteiger charge is -2.08. The van der Waals surface area contributed by atoms with Gasteiger partial charge in [0.1, 0.15) is 5.82 Å². The van der Waals surface area contributed by atoms with Crippen molar-refractivity contribution in [2.45, 2.75) is 38.6 Å². The minimum absolute atomic E-state index is 0. The minimum atomic E-state index is 0. The van der Waals surface area contributed by atoms with Crippen LogP contribution >= 0.6 is 24.8 Å². The van der Waals surface area contributed by atoms with Crippen LogP contribution in [-0.4, -0.2) is 9.78 Å². The maximum Gasteiger partial charge on any atom is 0.148 e. The second-order valence-electron chi connectivity index (χ2n) is 3.62. The number of hydrogen-bond donors (Lipinski definition) is 1. The highest BCUT2D eigenvalue weighted by molar-refractivity contribution is 5.85. The number of nitrogens with two attached hydrogens (primary N) is 1. The molecular weight excluding hydrogens is 221 g/mol. The summed E-state index contributed by atoms with van der Waals surface area (Å²) in [5.41, 5.74) is 6.78. The van der Waals surface area contributed by atoms with Gasteiger partial charge in [-0.05, 0) is 19.8 Å². The molecule has 1 heterocycles. The van der Waals surface area contributed by atoms with E-state index in [1.807, 2.05) is 11.6 Å². The van der Waals surface area contributed by atoms with Crippen LogP contribution in [0.3, 0.4) is 0 Å². The number of nitrogens with zero attached hydrogens (tertiary/aromatic N) is 2. The molecule has 1 aromatic heterocycles. The normalized spacial score (nSPS) is 16.1. The predicted octanol–water partition coefficient (Wildman–Crippen LogP) is 2.73. The monoisotopic (exact) mass is 237 g/mol. The molecule has 1 saturated carbocycles. The van der Waals surface area contributed by atoms with Crippen LogP contribution in [0.5, 0.6) is 0 Å². The van der Waals surface area contributed by atoms with Crippen LogP contribution in [0.4, 0.5) is 5.82 Å². The Morgan fingerprint density at radius 1 is 1.36 bits per heavy atom. The molecule has 1 aliphatic carbocycles. The Hall–Kier alpha value is -0.410. The number of aromatic nitrogens is 2. The molecule has 82 valence electrons. The van der Waals surface area contributed by atoms with Crippen molar-refractivity contribution in [2.24, 2.45) is 0 Å². The molecule has 0 aliphatic heterocycles. The van der Waals surface area contributed by atoms with Crippen molar-refractivity contribution in [3.63, 3.8) is 0 Å². The summed E-state index contributed by atoms with van der Waals surface area (Å²) in [4.78, 5) is 0. The number of halogens is 2. The summed E-state index contributed by atoms with van der Waals surface area (Å²) in [6.07, 6.45) is 7.26. The fourth-order valence-electron chi connectivity index (χ4n) is 1.85. The van der Waals surface area contributed by atoms with E-state index in [0.717, 1.165) is 5.56 Å². The lowest BCUT2D eigenvalue weighted by atomic mass is 10.2. The van der Waals surface area contributed by atoms with Crippen LogP contribution in [0, 0.1) is 6.92 Å². The minimum Gasteiger partial charge on any atom is -0.382 e. The van der Waals surface area contributed by atoms with Crippen molar-refractivity contribution < 1.29 is 0 Å². The maximum absolute atomic E-state index is 5.68. The average molecular weight is 238 g/mol. The Morgan fingerprint density at radius 2 is 1.93 bits per heavy atom. The van der Waals surface area contributed by atoms with Crippen molar-refractivity contribution in [2.75, 3.05) is 5.73 Å². The van der Waals surface area contributed by atoms with Gasteiger partial charge in [0.15, 0.2) is 0 Å². The average Bonchev–Trinajstić information content (AvgIpc) is 2.61. The maximum atomic E-state index is 5.68. The van der Waals surface area contributed by atoms with Gasteiger partial charge >= 0.3 is 0 Å². The van der Waals surface area contributed by atoms with E-state index in [-0.39, 0.29) is 24.8 Å². The van der Waals surface area contributed by atoms with Crippen LogP contribution < -0.4 is 5.73 Å². The number of rotatable bonds is 1. The van der Waals surface area contributed by atoms with Gasteiger partial charge in [-0.25, -0.2) is 0 Å². The molecule has 2 rings (SSSR count). The summed E-state index contributed by atoms with van der Waals surface area (Å²) >= 11 is 0. The molecule has 0 radical (unpaired) electrons. The van der Waals surface area contributed by atoms with Gasteiger partial charge in [0.2, 0.25) is 0 Å². The second kappa shape index (κ2) is 5.47. The molecule has 0 bridgehead atoms. The van der Waals surface area contributed by atoms with Gasteiger partial charge in [-0.1, -0.05) is 12.8 Å². The van der Waals surface area contributed by atoms with Crippen LogP contribution in [0.15, 0.2) is 6.20 Å². The van der Waals surface area contributed by atoms with Gasteiger partial charge in [0, 0.05) is 11.8 Å². The molecule has 0 saturated heterocycles. The van der Waals surface area contributed by atoms with Crippen LogP contribution in [-0.2, 0) is 0 Å². The van der Waals surface area contributed by atoms with Gasteiger partial charge in [-0.3, -0.25) is 4.68 Å². The van der Waals surface area contributed by atoms with Crippen molar-refractivity contribution in [1.82, 2.24) is 9.78 Å². The highest BCUT2D eigenvalue weighted by atomic mass is 35.5. The molecule has 14 heavy (non-hydrogen) atoms.